The fraction of sp³-hybridized carbons (Fsp3) is 0.370. The minimum Gasteiger partial charge on any atom is -0.481 e. The molecule has 1 saturated heterocycles. The molecular formula is C27H31N3O4. The summed E-state index contributed by atoms with van der Waals surface area (Å²) in [7, 11) is 1.58. The van der Waals surface area contributed by atoms with Crippen LogP contribution in [0, 0.1) is 6.92 Å². The number of aromatic nitrogens is 2. The van der Waals surface area contributed by atoms with Gasteiger partial charge in [-0.2, -0.15) is 4.98 Å². The first-order valence-corrected chi connectivity index (χ1v) is 11.7. The number of aliphatic carboxylic acids is 1. The number of carboxylic acid groups (broad SMARTS) is 1. The number of hydrogen-bond acceptors (Lipinski definition) is 6. The van der Waals surface area contributed by atoms with Gasteiger partial charge < -0.3 is 14.6 Å². The third-order valence-corrected chi connectivity index (χ3v) is 6.42. The Morgan fingerprint density at radius 3 is 2.71 bits per heavy atom. The van der Waals surface area contributed by atoms with E-state index in [2.05, 4.69) is 40.0 Å². The van der Waals surface area contributed by atoms with Gasteiger partial charge >= 0.3 is 12.0 Å². The van der Waals surface area contributed by atoms with E-state index in [1.54, 1.807) is 13.3 Å². The molecule has 178 valence electrons. The first-order chi connectivity index (χ1) is 16.5. The van der Waals surface area contributed by atoms with Crippen molar-refractivity contribution in [3.05, 3.63) is 71.4 Å². The molecule has 0 aliphatic carbocycles. The maximum atomic E-state index is 11.3. The number of piperidine rings is 1. The molecule has 0 bridgehead atoms. The van der Waals surface area contributed by atoms with E-state index in [9.17, 15) is 9.90 Å². The van der Waals surface area contributed by atoms with Gasteiger partial charge in [-0.1, -0.05) is 55.0 Å². The van der Waals surface area contributed by atoms with Gasteiger partial charge in [-0.25, -0.2) is 4.98 Å². The molecule has 1 aliphatic rings. The zero-order chi connectivity index (χ0) is 23.9. The van der Waals surface area contributed by atoms with E-state index in [-0.39, 0.29) is 18.5 Å². The molecule has 1 atom stereocenters. The maximum absolute atomic E-state index is 11.3. The highest BCUT2D eigenvalue weighted by molar-refractivity contribution is 5.68. The lowest BCUT2D eigenvalue weighted by atomic mass is 9.97. The van der Waals surface area contributed by atoms with Crippen molar-refractivity contribution in [3.8, 4) is 23.0 Å². The van der Waals surface area contributed by atoms with Crippen LogP contribution >= 0.6 is 0 Å². The molecule has 2 heterocycles. The second-order valence-electron chi connectivity index (χ2n) is 8.65. The van der Waals surface area contributed by atoms with Crippen LogP contribution in [0.2, 0.25) is 0 Å². The van der Waals surface area contributed by atoms with Gasteiger partial charge in [0.1, 0.15) is 6.61 Å². The summed E-state index contributed by atoms with van der Waals surface area (Å²) in [6.45, 7) is 3.86. The molecule has 0 unspecified atom stereocenters. The fourth-order valence-electron chi connectivity index (χ4n) is 4.56. The molecule has 2 aromatic carbocycles. The van der Waals surface area contributed by atoms with Gasteiger partial charge in [0.15, 0.2) is 0 Å². The summed E-state index contributed by atoms with van der Waals surface area (Å²) in [4.78, 5) is 22.3. The van der Waals surface area contributed by atoms with Crippen LogP contribution in [0.3, 0.4) is 0 Å². The van der Waals surface area contributed by atoms with Crippen molar-refractivity contribution in [3.63, 3.8) is 0 Å². The number of benzene rings is 2. The van der Waals surface area contributed by atoms with Crippen molar-refractivity contribution in [2.24, 2.45) is 0 Å². The Bertz CT molecular complexity index is 1120. The largest absolute Gasteiger partial charge is 0.481 e. The summed E-state index contributed by atoms with van der Waals surface area (Å²) in [5, 5.41) is 9.25. The molecule has 3 aromatic rings. The summed E-state index contributed by atoms with van der Waals surface area (Å²) >= 11 is 0. The molecule has 0 radical (unpaired) electrons. The van der Waals surface area contributed by atoms with Crippen LogP contribution < -0.4 is 9.47 Å². The highest BCUT2D eigenvalue weighted by Crippen LogP contribution is 2.28. The maximum Gasteiger partial charge on any atom is 0.320 e. The predicted molar refractivity (Wildman–Crippen MR) is 130 cm³/mol. The van der Waals surface area contributed by atoms with E-state index in [1.807, 2.05) is 30.3 Å². The van der Waals surface area contributed by atoms with Crippen LogP contribution in [0.25, 0.3) is 11.1 Å². The third-order valence-electron chi connectivity index (χ3n) is 6.42. The number of rotatable bonds is 9. The topological polar surface area (TPSA) is 84.8 Å². The Hall–Kier alpha value is -3.45. The van der Waals surface area contributed by atoms with Crippen molar-refractivity contribution in [2.75, 3.05) is 13.7 Å². The number of ether oxygens (including phenoxy) is 2. The molecule has 1 N–H and O–H groups in total. The van der Waals surface area contributed by atoms with Gasteiger partial charge in [0.05, 0.1) is 13.5 Å². The zero-order valence-corrected chi connectivity index (χ0v) is 19.7. The predicted octanol–water partition coefficient (Wildman–Crippen LogP) is 4.87. The van der Waals surface area contributed by atoms with E-state index in [0.29, 0.717) is 19.0 Å². The Morgan fingerprint density at radius 1 is 1.12 bits per heavy atom. The zero-order valence-electron chi connectivity index (χ0n) is 19.7. The number of hydrogen-bond donors (Lipinski definition) is 1. The SMILES string of the molecule is COc1nc(OCc2cccc(-c3ccccc3)c2C)ncc1CN1CCCC[C@H]1CC(=O)O. The average molecular weight is 462 g/mol. The molecular weight excluding hydrogens is 430 g/mol. The molecule has 0 saturated carbocycles. The normalized spacial score (nSPS) is 16.2. The van der Waals surface area contributed by atoms with Crippen molar-refractivity contribution in [1.82, 2.24) is 14.9 Å². The van der Waals surface area contributed by atoms with Crippen molar-refractivity contribution < 1.29 is 19.4 Å². The second kappa shape index (κ2) is 11.1. The first-order valence-electron chi connectivity index (χ1n) is 11.7. The lowest BCUT2D eigenvalue weighted by Crippen LogP contribution is -2.40. The smallest absolute Gasteiger partial charge is 0.320 e. The van der Waals surface area contributed by atoms with Crippen LogP contribution in [0.15, 0.2) is 54.7 Å². The highest BCUT2D eigenvalue weighted by Gasteiger charge is 2.26. The second-order valence-corrected chi connectivity index (χ2v) is 8.65. The number of likely N-dealkylation sites (tertiary alicyclic amines) is 1. The van der Waals surface area contributed by atoms with Crippen LogP contribution in [-0.4, -0.2) is 45.6 Å². The van der Waals surface area contributed by atoms with Gasteiger partial charge in [0, 0.05) is 24.3 Å². The van der Waals surface area contributed by atoms with Crippen LogP contribution in [0.5, 0.6) is 11.9 Å². The van der Waals surface area contributed by atoms with Gasteiger partial charge in [0.25, 0.3) is 0 Å². The lowest BCUT2D eigenvalue weighted by Gasteiger charge is -2.34. The van der Waals surface area contributed by atoms with E-state index in [4.69, 9.17) is 9.47 Å². The highest BCUT2D eigenvalue weighted by atomic mass is 16.5. The summed E-state index contributed by atoms with van der Waals surface area (Å²) < 4.78 is 11.5. The molecule has 7 heteroatoms. The van der Waals surface area contributed by atoms with Crippen molar-refractivity contribution in [1.29, 1.82) is 0 Å². The number of carboxylic acids is 1. The standard InChI is InChI=1S/C27H31N3O4/c1-19-21(11-8-13-24(19)20-9-4-3-5-10-20)18-34-27-28-16-22(26(29-27)33-2)17-30-14-7-6-12-23(30)15-25(31)32/h3-5,8-11,13,16,23H,6-7,12,14-15,17-18H2,1-2H3,(H,31,32)/t23-/m0/s1. The van der Waals surface area contributed by atoms with E-state index in [0.717, 1.165) is 42.5 Å². The number of methoxy groups -OCH3 is 1. The van der Waals surface area contributed by atoms with E-state index >= 15 is 0 Å². The molecule has 1 aromatic heterocycles. The summed E-state index contributed by atoms with van der Waals surface area (Å²) in [6, 6.07) is 16.8. The van der Waals surface area contributed by atoms with Crippen molar-refractivity contribution in [2.45, 2.75) is 51.8 Å². The molecule has 34 heavy (non-hydrogen) atoms. The van der Waals surface area contributed by atoms with Gasteiger partial charge in [0.2, 0.25) is 5.88 Å². The Morgan fingerprint density at radius 2 is 1.94 bits per heavy atom. The summed E-state index contributed by atoms with van der Waals surface area (Å²) in [5.41, 5.74) is 5.40. The molecule has 7 nitrogen and oxygen atoms in total. The van der Waals surface area contributed by atoms with Crippen LogP contribution in [-0.2, 0) is 17.9 Å². The minimum atomic E-state index is -0.768. The molecule has 1 fully saturated rings. The van der Waals surface area contributed by atoms with E-state index in [1.165, 1.54) is 11.1 Å². The molecule has 4 rings (SSSR count). The van der Waals surface area contributed by atoms with Crippen LogP contribution in [0.4, 0.5) is 0 Å². The average Bonchev–Trinajstić information content (AvgIpc) is 2.85. The minimum absolute atomic E-state index is 0.0201. The van der Waals surface area contributed by atoms with E-state index < -0.39 is 5.97 Å². The Kier molecular flexibility index (Phi) is 7.75. The Balaban J connectivity index is 1.46. The lowest BCUT2D eigenvalue weighted by molar-refractivity contribution is -0.138. The van der Waals surface area contributed by atoms with Gasteiger partial charge in [-0.3, -0.25) is 9.69 Å². The summed E-state index contributed by atoms with van der Waals surface area (Å²) in [5.74, 6) is -0.310. The quantitative estimate of drug-likeness (QED) is 0.487. The van der Waals surface area contributed by atoms with Gasteiger partial charge in [-0.15, -0.1) is 0 Å². The molecule has 0 spiro atoms. The summed E-state index contributed by atoms with van der Waals surface area (Å²) in [6.07, 6.45) is 4.87. The monoisotopic (exact) mass is 461 g/mol. The third kappa shape index (κ3) is 5.72. The van der Waals surface area contributed by atoms with Crippen LogP contribution in [0.1, 0.15) is 42.4 Å². The number of carbonyl (C=O) groups is 1. The van der Waals surface area contributed by atoms with Crippen molar-refractivity contribution >= 4 is 5.97 Å². The fourth-order valence-corrected chi connectivity index (χ4v) is 4.56. The Labute approximate surface area is 200 Å². The molecule has 0 amide bonds. The molecule has 1 aliphatic heterocycles. The van der Waals surface area contributed by atoms with Gasteiger partial charge in [-0.05, 0) is 48.6 Å². The first kappa shape index (κ1) is 23.7. The number of nitrogens with zero attached hydrogens (tertiary/aromatic N) is 3.